The van der Waals surface area contributed by atoms with E-state index < -0.39 is 6.03 Å². The molecule has 0 saturated carbocycles. The van der Waals surface area contributed by atoms with Crippen LogP contribution >= 0.6 is 0 Å². The lowest BCUT2D eigenvalue weighted by atomic mass is 10.2. The predicted octanol–water partition coefficient (Wildman–Crippen LogP) is 3.37. The zero-order valence-electron chi connectivity index (χ0n) is 15.7. The molecule has 0 spiro atoms. The molecule has 0 aliphatic rings. The molecular weight excluding hydrogens is 358 g/mol. The first-order valence-corrected chi connectivity index (χ1v) is 9.12. The standard InChI is InChI=1S/C20H25N5O3/c1-2-21-19(27)22-14-8-13-18(26)24-16-11-6-7-12-17(16)25-20(28)23-15-9-4-3-5-10-15/h3-7,9-12H,2,8,13-14H2,1H3,(H,24,26)(H2,21,22,27)(H2,23,25,28). The highest BCUT2D eigenvalue weighted by atomic mass is 16.2. The van der Waals surface area contributed by atoms with Crippen LogP contribution in [0.5, 0.6) is 0 Å². The zero-order valence-corrected chi connectivity index (χ0v) is 15.7. The van der Waals surface area contributed by atoms with Crippen molar-refractivity contribution >= 4 is 35.0 Å². The minimum atomic E-state index is -0.404. The minimum Gasteiger partial charge on any atom is -0.338 e. The molecule has 2 aromatic carbocycles. The predicted molar refractivity (Wildman–Crippen MR) is 110 cm³/mol. The SMILES string of the molecule is CCNC(=O)NCCCC(=O)Nc1ccccc1NC(=O)Nc1ccccc1. The van der Waals surface area contributed by atoms with Crippen LogP contribution < -0.4 is 26.6 Å². The zero-order chi connectivity index (χ0) is 20.2. The molecule has 0 aliphatic heterocycles. The van der Waals surface area contributed by atoms with Crippen LogP contribution in [-0.4, -0.2) is 31.1 Å². The van der Waals surface area contributed by atoms with E-state index in [4.69, 9.17) is 0 Å². The number of nitrogens with one attached hydrogen (secondary N) is 5. The Balaban J connectivity index is 1.83. The van der Waals surface area contributed by atoms with Gasteiger partial charge in [0.05, 0.1) is 11.4 Å². The maximum Gasteiger partial charge on any atom is 0.323 e. The van der Waals surface area contributed by atoms with Crippen LogP contribution in [0, 0.1) is 0 Å². The van der Waals surface area contributed by atoms with Gasteiger partial charge in [-0.25, -0.2) is 9.59 Å². The fourth-order valence-electron chi connectivity index (χ4n) is 2.39. The first kappa shape index (κ1) is 20.8. The molecule has 0 radical (unpaired) electrons. The van der Waals surface area contributed by atoms with E-state index in [2.05, 4.69) is 26.6 Å². The van der Waals surface area contributed by atoms with Gasteiger partial charge in [0.1, 0.15) is 0 Å². The fraction of sp³-hybridized carbons (Fsp3) is 0.250. The molecule has 8 heteroatoms. The van der Waals surface area contributed by atoms with E-state index in [1.807, 2.05) is 25.1 Å². The third-order valence-electron chi connectivity index (χ3n) is 3.68. The monoisotopic (exact) mass is 383 g/mol. The summed E-state index contributed by atoms with van der Waals surface area (Å²) in [6.45, 7) is 2.78. The van der Waals surface area contributed by atoms with Crippen molar-refractivity contribution in [1.82, 2.24) is 10.6 Å². The summed E-state index contributed by atoms with van der Waals surface area (Å²) in [4.78, 5) is 35.6. The van der Waals surface area contributed by atoms with Gasteiger partial charge in [-0.3, -0.25) is 4.79 Å². The van der Waals surface area contributed by atoms with Crippen LogP contribution in [0.15, 0.2) is 54.6 Å². The number of benzene rings is 2. The topological polar surface area (TPSA) is 111 Å². The van der Waals surface area contributed by atoms with Crippen LogP contribution in [0.25, 0.3) is 0 Å². The molecule has 0 fully saturated rings. The van der Waals surface area contributed by atoms with Crippen LogP contribution in [0.3, 0.4) is 0 Å². The molecule has 5 N–H and O–H groups in total. The normalized spacial score (nSPS) is 9.89. The summed E-state index contributed by atoms with van der Waals surface area (Å²) in [5.41, 5.74) is 1.67. The second kappa shape index (κ2) is 11.2. The molecule has 148 valence electrons. The molecule has 0 atom stereocenters. The number of hydrogen-bond donors (Lipinski definition) is 5. The van der Waals surface area contributed by atoms with E-state index in [-0.39, 0.29) is 18.4 Å². The Labute approximate surface area is 164 Å². The molecule has 0 aromatic heterocycles. The van der Waals surface area contributed by atoms with Gasteiger partial charge in [0.15, 0.2) is 0 Å². The number of para-hydroxylation sites is 3. The summed E-state index contributed by atoms with van der Waals surface area (Å²) in [5.74, 6) is -0.199. The Morgan fingerprint density at radius 1 is 0.750 bits per heavy atom. The average Bonchev–Trinajstić information content (AvgIpc) is 2.68. The molecule has 2 rings (SSSR count). The van der Waals surface area contributed by atoms with Gasteiger partial charge in [0, 0.05) is 25.2 Å². The van der Waals surface area contributed by atoms with Crippen LogP contribution in [0.4, 0.5) is 26.7 Å². The van der Waals surface area contributed by atoms with Gasteiger partial charge in [0.25, 0.3) is 0 Å². The highest BCUT2D eigenvalue weighted by molar-refractivity contribution is 6.03. The van der Waals surface area contributed by atoms with E-state index in [0.717, 1.165) is 0 Å². The summed E-state index contributed by atoms with van der Waals surface area (Å²) in [6, 6.07) is 15.4. The van der Waals surface area contributed by atoms with Gasteiger partial charge in [-0.2, -0.15) is 0 Å². The van der Waals surface area contributed by atoms with Gasteiger partial charge in [-0.15, -0.1) is 0 Å². The molecule has 0 bridgehead atoms. The van der Waals surface area contributed by atoms with Crippen molar-refractivity contribution in [3.63, 3.8) is 0 Å². The van der Waals surface area contributed by atoms with Gasteiger partial charge < -0.3 is 26.6 Å². The molecule has 0 aliphatic carbocycles. The Morgan fingerprint density at radius 3 is 2.07 bits per heavy atom. The van der Waals surface area contributed by atoms with Gasteiger partial charge in [0.2, 0.25) is 5.91 Å². The summed E-state index contributed by atoms with van der Waals surface area (Å²) >= 11 is 0. The lowest BCUT2D eigenvalue weighted by molar-refractivity contribution is -0.116. The van der Waals surface area contributed by atoms with Crippen molar-refractivity contribution in [3.05, 3.63) is 54.6 Å². The largest absolute Gasteiger partial charge is 0.338 e. The van der Waals surface area contributed by atoms with Crippen molar-refractivity contribution in [3.8, 4) is 0 Å². The molecular formula is C20H25N5O3. The van der Waals surface area contributed by atoms with Crippen LogP contribution in [0.1, 0.15) is 19.8 Å². The number of carbonyl (C=O) groups is 3. The maximum absolute atomic E-state index is 12.2. The second-order valence-corrected chi connectivity index (χ2v) is 5.93. The molecule has 8 nitrogen and oxygen atoms in total. The fourth-order valence-corrected chi connectivity index (χ4v) is 2.39. The number of carbonyl (C=O) groups excluding carboxylic acids is 3. The summed E-state index contributed by atoms with van der Waals surface area (Å²) in [7, 11) is 0. The Kier molecular flexibility index (Phi) is 8.32. The van der Waals surface area contributed by atoms with Crippen molar-refractivity contribution in [2.45, 2.75) is 19.8 Å². The van der Waals surface area contributed by atoms with Crippen molar-refractivity contribution in [1.29, 1.82) is 0 Å². The summed E-state index contributed by atoms with van der Waals surface area (Å²) < 4.78 is 0. The van der Waals surface area contributed by atoms with Crippen LogP contribution in [0.2, 0.25) is 0 Å². The molecule has 5 amide bonds. The smallest absolute Gasteiger partial charge is 0.323 e. The Morgan fingerprint density at radius 2 is 1.39 bits per heavy atom. The molecule has 0 unspecified atom stereocenters. The van der Waals surface area contributed by atoms with E-state index in [1.54, 1.807) is 36.4 Å². The first-order chi connectivity index (χ1) is 13.6. The van der Waals surface area contributed by atoms with E-state index in [0.29, 0.717) is 36.6 Å². The van der Waals surface area contributed by atoms with E-state index in [9.17, 15) is 14.4 Å². The van der Waals surface area contributed by atoms with E-state index in [1.165, 1.54) is 0 Å². The average molecular weight is 383 g/mol. The first-order valence-electron chi connectivity index (χ1n) is 9.12. The van der Waals surface area contributed by atoms with Crippen molar-refractivity contribution in [2.75, 3.05) is 29.0 Å². The van der Waals surface area contributed by atoms with Gasteiger partial charge in [-0.1, -0.05) is 30.3 Å². The molecule has 2 aromatic rings. The van der Waals surface area contributed by atoms with Crippen molar-refractivity contribution < 1.29 is 14.4 Å². The van der Waals surface area contributed by atoms with Crippen LogP contribution in [-0.2, 0) is 4.79 Å². The lowest BCUT2D eigenvalue weighted by Gasteiger charge is -2.13. The number of hydrogen-bond acceptors (Lipinski definition) is 3. The van der Waals surface area contributed by atoms with E-state index >= 15 is 0 Å². The third kappa shape index (κ3) is 7.36. The van der Waals surface area contributed by atoms with Gasteiger partial charge in [-0.05, 0) is 37.6 Å². The lowest BCUT2D eigenvalue weighted by Crippen LogP contribution is -2.35. The van der Waals surface area contributed by atoms with Crippen molar-refractivity contribution in [2.24, 2.45) is 0 Å². The maximum atomic E-state index is 12.2. The Bertz CT molecular complexity index is 795. The molecule has 28 heavy (non-hydrogen) atoms. The second-order valence-electron chi connectivity index (χ2n) is 5.93. The highest BCUT2D eigenvalue weighted by Gasteiger charge is 2.09. The number of anilines is 3. The quantitative estimate of drug-likeness (QED) is 0.451. The highest BCUT2D eigenvalue weighted by Crippen LogP contribution is 2.21. The number of urea groups is 2. The number of amides is 5. The Hall–Kier alpha value is -3.55. The van der Waals surface area contributed by atoms with Gasteiger partial charge >= 0.3 is 12.1 Å². The number of rotatable bonds is 8. The summed E-state index contributed by atoms with van der Waals surface area (Å²) in [5, 5.41) is 13.5. The third-order valence-corrected chi connectivity index (χ3v) is 3.68. The molecule has 0 heterocycles. The molecule has 0 saturated heterocycles. The summed E-state index contributed by atoms with van der Waals surface area (Å²) in [6.07, 6.45) is 0.754. The minimum absolute atomic E-state index is 0.199.